The summed E-state index contributed by atoms with van der Waals surface area (Å²) in [5, 5.41) is 2.64. The fourth-order valence-corrected chi connectivity index (χ4v) is 3.55. The molecule has 1 aliphatic heterocycles. The van der Waals surface area contributed by atoms with E-state index in [0.717, 1.165) is 32.7 Å². The first-order valence-electron chi connectivity index (χ1n) is 9.07. The summed E-state index contributed by atoms with van der Waals surface area (Å²) in [5.41, 5.74) is 2.65. The average Bonchev–Trinajstić information content (AvgIpc) is 2.69. The third-order valence-corrected chi connectivity index (χ3v) is 4.98. The molecule has 1 aliphatic rings. The van der Waals surface area contributed by atoms with Gasteiger partial charge >= 0.3 is 0 Å². The summed E-state index contributed by atoms with van der Waals surface area (Å²) in [5.74, 6) is 0. The van der Waals surface area contributed by atoms with Crippen LogP contribution in [-0.4, -0.2) is 37.6 Å². The Labute approximate surface area is 150 Å². The molecule has 0 spiro atoms. The summed E-state index contributed by atoms with van der Waals surface area (Å²) in [7, 11) is 0. The number of anilines is 1. The number of rotatable bonds is 4. The Kier molecular flexibility index (Phi) is 4.80. The molecule has 2 nitrogen and oxygen atoms in total. The molecule has 0 atom stereocenters. The summed E-state index contributed by atoms with van der Waals surface area (Å²) in [4.78, 5) is 5.01. The molecule has 1 heterocycles. The highest BCUT2D eigenvalue weighted by molar-refractivity contribution is 5.90. The van der Waals surface area contributed by atoms with Crippen molar-refractivity contribution in [1.29, 1.82) is 0 Å². The van der Waals surface area contributed by atoms with Gasteiger partial charge in [-0.05, 0) is 28.5 Å². The summed E-state index contributed by atoms with van der Waals surface area (Å²) < 4.78 is 0. The normalized spacial score (nSPS) is 15.9. The second-order valence-electron chi connectivity index (χ2n) is 6.59. The van der Waals surface area contributed by atoms with Gasteiger partial charge in [0.2, 0.25) is 0 Å². The van der Waals surface area contributed by atoms with Gasteiger partial charge in [0.1, 0.15) is 0 Å². The minimum absolute atomic E-state index is 1.02. The average molecular weight is 328 g/mol. The first-order valence-corrected chi connectivity index (χ1v) is 9.07. The molecule has 1 saturated heterocycles. The van der Waals surface area contributed by atoms with E-state index in [1.165, 1.54) is 22.0 Å². The lowest BCUT2D eigenvalue weighted by Crippen LogP contribution is -2.46. The molecule has 4 rings (SSSR count). The Morgan fingerprint density at radius 3 is 2.28 bits per heavy atom. The van der Waals surface area contributed by atoms with Gasteiger partial charge < -0.3 is 4.90 Å². The van der Waals surface area contributed by atoms with Crippen LogP contribution < -0.4 is 4.90 Å². The van der Waals surface area contributed by atoms with Crippen molar-refractivity contribution < 1.29 is 0 Å². The molecule has 0 amide bonds. The smallest absolute Gasteiger partial charge is 0.0367 e. The van der Waals surface area contributed by atoms with Gasteiger partial charge in [-0.3, -0.25) is 4.90 Å². The molecule has 0 bridgehead atoms. The van der Waals surface area contributed by atoms with Gasteiger partial charge in [0, 0.05) is 38.4 Å². The third kappa shape index (κ3) is 3.75. The maximum Gasteiger partial charge on any atom is 0.0367 e. The topological polar surface area (TPSA) is 6.48 Å². The molecule has 0 saturated carbocycles. The number of hydrogen-bond donors (Lipinski definition) is 0. The molecule has 2 heteroatoms. The van der Waals surface area contributed by atoms with Crippen LogP contribution in [0, 0.1) is 0 Å². The van der Waals surface area contributed by atoms with E-state index in [-0.39, 0.29) is 0 Å². The summed E-state index contributed by atoms with van der Waals surface area (Å²) in [6, 6.07) is 25.8. The van der Waals surface area contributed by atoms with E-state index in [2.05, 4.69) is 94.7 Å². The number of para-hydroxylation sites is 1. The lowest BCUT2D eigenvalue weighted by atomic mass is 10.0. The number of benzene rings is 3. The van der Waals surface area contributed by atoms with E-state index in [4.69, 9.17) is 0 Å². The molecule has 1 fully saturated rings. The Bertz CT molecular complexity index is 841. The van der Waals surface area contributed by atoms with E-state index >= 15 is 0 Å². The van der Waals surface area contributed by atoms with Crippen LogP contribution in [0.1, 0.15) is 5.56 Å². The maximum absolute atomic E-state index is 2.53. The predicted octanol–water partition coefficient (Wildman–Crippen LogP) is 4.68. The monoisotopic (exact) mass is 328 g/mol. The number of fused-ring (bicyclic) bond motifs is 1. The lowest BCUT2D eigenvalue weighted by Gasteiger charge is -2.35. The van der Waals surface area contributed by atoms with Crippen molar-refractivity contribution in [1.82, 2.24) is 4.90 Å². The van der Waals surface area contributed by atoms with Crippen LogP contribution >= 0.6 is 0 Å². The van der Waals surface area contributed by atoms with E-state index in [1.807, 2.05) is 0 Å². The molecule has 25 heavy (non-hydrogen) atoms. The maximum atomic E-state index is 2.53. The van der Waals surface area contributed by atoms with Crippen LogP contribution in [0.2, 0.25) is 0 Å². The van der Waals surface area contributed by atoms with Crippen molar-refractivity contribution in [3.63, 3.8) is 0 Å². The van der Waals surface area contributed by atoms with Gasteiger partial charge in [0.15, 0.2) is 0 Å². The van der Waals surface area contributed by atoms with Crippen molar-refractivity contribution in [3.8, 4) is 0 Å². The Balaban J connectivity index is 1.35. The molecule has 0 aromatic heterocycles. The quantitative estimate of drug-likeness (QED) is 0.686. The Morgan fingerprint density at radius 2 is 1.44 bits per heavy atom. The molecular formula is C23H24N2. The number of hydrogen-bond acceptors (Lipinski definition) is 2. The van der Waals surface area contributed by atoms with E-state index in [0.29, 0.717) is 0 Å². The zero-order chi connectivity index (χ0) is 16.9. The summed E-state index contributed by atoms with van der Waals surface area (Å²) >= 11 is 0. The Hall–Kier alpha value is -2.58. The van der Waals surface area contributed by atoms with Gasteiger partial charge in [-0.2, -0.15) is 0 Å². The van der Waals surface area contributed by atoms with Crippen LogP contribution in [-0.2, 0) is 0 Å². The van der Waals surface area contributed by atoms with Crippen LogP contribution in [0.4, 0.5) is 5.69 Å². The zero-order valence-electron chi connectivity index (χ0n) is 14.5. The zero-order valence-corrected chi connectivity index (χ0v) is 14.5. The van der Waals surface area contributed by atoms with Gasteiger partial charge in [0.25, 0.3) is 0 Å². The van der Waals surface area contributed by atoms with Crippen molar-refractivity contribution in [2.45, 2.75) is 0 Å². The molecular weight excluding hydrogens is 304 g/mol. The number of nitrogens with zero attached hydrogens (tertiary/aromatic N) is 2. The fraction of sp³-hybridized carbons (Fsp3) is 0.217. The molecule has 126 valence electrons. The molecule has 0 N–H and O–H groups in total. The van der Waals surface area contributed by atoms with Gasteiger partial charge in [0.05, 0.1) is 0 Å². The van der Waals surface area contributed by atoms with E-state index in [9.17, 15) is 0 Å². The lowest BCUT2D eigenvalue weighted by molar-refractivity contribution is 0.284. The molecule has 3 aromatic carbocycles. The highest BCUT2D eigenvalue weighted by Gasteiger charge is 2.15. The summed E-state index contributed by atoms with van der Waals surface area (Å²) in [6.45, 7) is 5.47. The van der Waals surface area contributed by atoms with Crippen molar-refractivity contribution in [2.75, 3.05) is 37.6 Å². The van der Waals surface area contributed by atoms with Crippen LogP contribution in [0.3, 0.4) is 0 Å². The first kappa shape index (κ1) is 15.9. The molecule has 3 aromatic rings. The fourth-order valence-electron chi connectivity index (χ4n) is 3.55. The molecule has 0 unspecified atom stereocenters. The van der Waals surface area contributed by atoms with Gasteiger partial charge in [-0.25, -0.2) is 0 Å². The standard InChI is InChI=1S/C23H24N2/c1-2-12-22(13-3-1)25-18-16-24(17-19-25)15-7-11-21-10-6-9-20-8-4-5-14-23(20)21/h1-14H,15-19H2/b11-7+. The molecule has 0 radical (unpaired) electrons. The summed E-state index contributed by atoms with van der Waals surface area (Å²) in [6.07, 6.45) is 4.58. The highest BCUT2D eigenvalue weighted by atomic mass is 15.3. The van der Waals surface area contributed by atoms with E-state index in [1.54, 1.807) is 0 Å². The van der Waals surface area contributed by atoms with Crippen molar-refractivity contribution in [3.05, 3.63) is 84.4 Å². The minimum atomic E-state index is 1.02. The number of piperazine rings is 1. The first-order chi connectivity index (χ1) is 12.4. The van der Waals surface area contributed by atoms with E-state index < -0.39 is 0 Å². The largest absolute Gasteiger partial charge is 0.369 e. The second kappa shape index (κ2) is 7.54. The van der Waals surface area contributed by atoms with Crippen LogP contribution in [0.25, 0.3) is 16.8 Å². The van der Waals surface area contributed by atoms with Gasteiger partial charge in [-0.1, -0.05) is 72.8 Å². The van der Waals surface area contributed by atoms with Crippen LogP contribution in [0.15, 0.2) is 78.9 Å². The minimum Gasteiger partial charge on any atom is -0.369 e. The highest BCUT2D eigenvalue weighted by Crippen LogP contribution is 2.20. The van der Waals surface area contributed by atoms with Crippen LogP contribution in [0.5, 0.6) is 0 Å². The second-order valence-corrected chi connectivity index (χ2v) is 6.59. The SMILES string of the molecule is C(=C\c1cccc2ccccc12)/CN1CCN(c2ccccc2)CC1. The van der Waals surface area contributed by atoms with Gasteiger partial charge in [-0.15, -0.1) is 0 Å². The Morgan fingerprint density at radius 1 is 0.720 bits per heavy atom. The predicted molar refractivity (Wildman–Crippen MR) is 108 cm³/mol. The van der Waals surface area contributed by atoms with Crippen molar-refractivity contribution >= 4 is 22.5 Å². The molecule has 0 aliphatic carbocycles. The van der Waals surface area contributed by atoms with Crippen molar-refractivity contribution in [2.24, 2.45) is 0 Å². The third-order valence-electron chi connectivity index (χ3n) is 4.98.